The van der Waals surface area contributed by atoms with Crippen LogP contribution in [0.15, 0.2) is 0 Å². The Labute approximate surface area is 154 Å². The monoisotopic (exact) mass is 367 g/mol. The van der Waals surface area contributed by atoms with E-state index in [0.717, 1.165) is 24.2 Å². The third-order valence-corrected chi connectivity index (χ3v) is 5.33. The van der Waals surface area contributed by atoms with Crippen molar-refractivity contribution in [3.63, 3.8) is 0 Å². The lowest BCUT2D eigenvalue weighted by Gasteiger charge is -2.36. The summed E-state index contributed by atoms with van der Waals surface area (Å²) in [7, 11) is 1.26. The quantitative estimate of drug-likeness (QED) is 0.542. The van der Waals surface area contributed by atoms with Gasteiger partial charge in [0.15, 0.2) is 0 Å². The molecule has 2 aliphatic rings. The van der Waals surface area contributed by atoms with Gasteiger partial charge in [0.25, 0.3) is 5.91 Å². The molecule has 1 aliphatic heterocycles. The molecular formula is C18H29N3O5. The molecule has 1 saturated heterocycles. The maximum absolute atomic E-state index is 12.9. The predicted octanol–water partition coefficient (Wildman–Crippen LogP) is 1.19. The molecule has 1 spiro atoms. The molecule has 1 heterocycles. The van der Waals surface area contributed by atoms with Crippen LogP contribution in [0.5, 0.6) is 0 Å². The third-order valence-electron chi connectivity index (χ3n) is 5.33. The zero-order valence-corrected chi connectivity index (χ0v) is 16.0. The second-order valence-electron chi connectivity index (χ2n) is 7.71. The summed E-state index contributed by atoms with van der Waals surface area (Å²) in [5, 5.41) is 5.39. The average molecular weight is 367 g/mol. The van der Waals surface area contributed by atoms with E-state index in [4.69, 9.17) is 4.74 Å². The van der Waals surface area contributed by atoms with Crippen LogP contribution in [0.2, 0.25) is 0 Å². The molecule has 0 aromatic rings. The van der Waals surface area contributed by atoms with Crippen LogP contribution >= 0.6 is 0 Å². The van der Waals surface area contributed by atoms with Crippen LogP contribution in [0.3, 0.4) is 0 Å². The normalized spacial score (nSPS) is 26.8. The molecule has 0 radical (unpaired) electrons. The zero-order valence-electron chi connectivity index (χ0n) is 16.0. The number of ether oxygens (including phenoxy) is 1. The van der Waals surface area contributed by atoms with E-state index in [9.17, 15) is 19.2 Å². The summed E-state index contributed by atoms with van der Waals surface area (Å²) in [6.07, 6.45) is 3.77. The third kappa shape index (κ3) is 3.99. The summed E-state index contributed by atoms with van der Waals surface area (Å²) >= 11 is 0. The number of rotatable bonds is 6. The number of urea groups is 1. The van der Waals surface area contributed by atoms with E-state index in [2.05, 4.69) is 10.6 Å². The predicted molar refractivity (Wildman–Crippen MR) is 94.0 cm³/mol. The Bertz CT molecular complexity index is 591. The zero-order chi connectivity index (χ0) is 19.5. The van der Waals surface area contributed by atoms with Crippen molar-refractivity contribution in [3.05, 3.63) is 0 Å². The van der Waals surface area contributed by atoms with Gasteiger partial charge in [-0.3, -0.25) is 14.5 Å². The van der Waals surface area contributed by atoms with Crippen molar-refractivity contribution >= 4 is 23.8 Å². The Morgan fingerprint density at radius 2 is 2.04 bits per heavy atom. The molecule has 8 nitrogen and oxygen atoms in total. The maximum atomic E-state index is 12.9. The molecule has 0 aromatic heterocycles. The standard InChI is InChI=1S/C18H29N3O5/c1-11(2)9-13(15(23)26-4)19-14(22)10-21-16(24)18(20-17(21)25)8-6-5-7-12(18)3/h11-13H,5-10H2,1-4H3,(H,19,22)(H,20,25)/t12-,13+,18-/m1/s1. The van der Waals surface area contributed by atoms with E-state index < -0.39 is 36.0 Å². The molecule has 0 unspecified atom stereocenters. The molecule has 0 aromatic carbocycles. The molecule has 2 N–H and O–H groups in total. The molecule has 8 heteroatoms. The largest absolute Gasteiger partial charge is 0.467 e. The number of nitrogens with one attached hydrogen (secondary N) is 2. The topological polar surface area (TPSA) is 105 Å². The molecule has 1 saturated carbocycles. The highest BCUT2D eigenvalue weighted by molar-refractivity contribution is 6.09. The van der Waals surface area contributed by atoms with Gasteiger partial charge in [-0.15, -0.1) is 0 Å². The van der Waals surface area contributed by atoms with Crippen LogP contribution in [0, 0.1) is 11.8 Å². The molecule has 2 fully saturated rings. The smallest absolute Gasteiger partial charge is 0.328 e. The number of methoxy groups -OCH3 is 1. The first-order valence-electron chi connectivity index (χ1n) is 9.22. The lowest BCUT2D eigenvalue weighted by molar-refractivity contribution is -0.145. The molecule has 26 heavy (non-hydrogen) atoms. The van der Waals surface area contributed by atoms with Gasteiger partial charge in [0, 0.05) is 0 Å². The number of hydrogen-bond donors (Lipinski definition) is 2. The summed E-state index contributed by atoms with van der Waals surface area (Å²) in [6.45, 7) is 5.41. The van der Waals surface area contributed by atoms with Crippen LogP contribution in [0.25, 0.3) is 0 Å². The molecule has 1 aliphatic carbocycles. The average Bonchev–Trinajstić information content (AvgIpc) is 2.81. The van der Waals surface area contributed by atoms with Gasteiger partial charge >= 0.3 is 12.0 Å². The van der Waals surface area contributed by atoms with Gasteiger partial charge in [-0.05, 0) is 31.1 Å². The molecule has 4 amide bonds. The van der Waals surface area contributed by atoms with Gasteiger partial charge in [0.1, 0.15) is 18.1 Å². The maximum Gasteiger partial charge on any atom is 0.328 e. The minimum Gasteiger partial charge on any atom is -0.467 e. The number of hydrogen-bond acceptors (Lipinski definition) is 5. The Morgan fingerprint density at radius 3 is 2.62 bits per heavy atom. The Morgan fingerprint density at radius 1 is 1.35 bits per heavy atom. The van der Waals surface area contributed by atoms with Gasteiger partial charge in [0.2, 0.25) is 5.91 Å². The van der Waals surface area contributed by atoms with Crippen LogP contribution in [-0.2, 0) is 19.1 Å². The van der Waals surface area contributed by atoms with Crippen molar-refractivity contribution in [2.45, 2.75) is 64.5 Å². The van der Waals surface area contributed by atoms with Crippen molar-refractivity contribution in [3.8, 4) is 0 Å². The van der Waals surface area contributed by atoms with Crippen molar-refractivity contribution < 1.29 is 23.9 Å². The SMILES string of the molecule is COC(=O)[C@H](CC(C)C)NC(=O)CN1C(=O)N[C@@]2(CCCC[C@H]2C)C1=O. The van der Waals surface area contributed by atoms with Crippen LogP contribution in [0.4, 0.5) is 4.79 Å². The number of nitrogens with zero attached hydrogens (tertiary/aromatic N) is 1. The molecule has 0 bridgehead atoms. The number of imide groups is 1. The fourth-order valence-corrected chi connectivity index (χ4v) is 3.85. The summed E-state index contributed by atoms with van der Waals surface area (Å²) < 4.78 is 4.72. The van der Waals surface area contributed by atoms with Crippen molar-refractivity contribution in [2.24, 2.45) is 11.8 Å². The van der Waals surface area contributed by atoms with Crippen molar-refractivity contribution in [1.82, 2.24) is 15.5 Å². The Hall–Kier alpha value is -2.12. The minimum atomic E-state index is -0.894. The summed E-state index contributed by atoms with van der Waals surface area (Å²) in [4.78, 5) is 50.3. The van der Waals surface area contributed by atoms with E-state index in [1.54, 1.807) is 0 Å². The molecule has 146 valence electrons. The highest BCUT2D eigenvalue weighted by Gasteiger charge is 2.55. The number of carbonyl (C=O) groups excluding carboxylic acids is 4. The van der Waals surface area contributed by atoms with Crippen molar-refractivity contribution in [1.29, 1.82) is 0 Å². The number of carbonyl (C=O) groups is 4. The first-order chi connectivity index (χ1) is 12.2. The summed E-state index contributed by atoms with van der Waals surface area (Å²) in [5.41, 5.74) is -0.894. The van der Waals surface area contributed by atoms with Crippen LogP contribution in [-0.4, -0.2) is 54.0 Å². The lowest BCUT2D eigenvalue weighted by atomic mass is 9.73. The molecule has 3 atom stereocenters. The minimum absolute atomic E-state index is 0.0320. The van der Waals surface area contributed by atoms with E-state index >= 15 is 0 Å². The highest BCUT2D eigenvalue weighted by atomic mass is 16.5. The van der Waals surface area contributed by atoms with E-state index in [-0.39, 0.29) is 17.7 Å². The van der Waals surface area contributed by atoms with Crippen LogP contribution < -0.4 is 10.6 Å². The van der Waals surface area contributed by atoms with E-state index in [1.165, 1.54) is 7.11 Å². The second kappa shape index (κ2) is 8.05. The Kier molecular flexibility index (Phi) is 6.26. The lowest BCUT2D eigenvalue weighted by Crippen LogP contribution is -2.54. The fraction of sp³-hybridized carbons (Fsp3) is 0.778. The van der Waals surface area contributed by atoms with Crippen LogP contribution in [0.1, 0.15) is 52.9 Å². The molecular weight excluding hydrogens is 338 g/mol. The summed E-state index contributed by atoms with van der Waals surface area (Å²) in [6, 6.07) is -1.34. The second-order valence-corrected chi connectivity index (χ2v) is 7.71. The van der Waals surface area contributed by atoms with E-state index in [1.807, 2.05) is 20.8 Å². The summed E-state index contributed by atoms with van der Waals surface area (Å²) in [5.74, 6) is -1.23. The van der Waals surface area contributed by atoms with Crippen molar-refractivity contribution in [2.75, 3.05) is 13.7 Å². The van der Waals surface area contributed by atoms with Gasteiger partial charge in [-0.25, -0.2) is 9.59 Å². The first kappa shape index (κ1) is 20.2. The van der Waals surface area contributed by atoms with Gasteiger partial charge in [-0.1, -0.05) is 33.6 Å². The fourth-order valence-electron chi connectivity index (χ4n) is 3.85. The highest BCUT2D eigenvalue weighted by Crippen LogP contribution is 2.38. The van der Waals surface area contributed by atoms with E-state index in [0.29, 0.717) is 12.8 Å². The first-order valence-corrected chi connectivity index (χ1v) is 9.22. The Balaban J connectivity index is 2.05. The van der Waals surface area contributed by atoms with Gasteiger partial charge in [-0.2, -0.15) is 0 Å². The van der Waals surface area contributed by atoms with Gasteiger partial charge < -0.3 is 15.4 Å². The van der Waals surface area contributed by atoms with Gasteiger partial charge in [0.05, 0.1) is 7.11 Å². The number of esters is 1. The number of amides is 4. The molecule has 2 rings (SSSR count).